The number of para-hydroxylation sites is 1. The molecule has 1 aliphatic rings. The first kappa shape index (κ1) is 25.7. The molecule has 0 aliphatic carbocycles. The van der Waals surface area contributed by atoms with E-state index in [4.69, 9.17) is 9.47 Å². The van der Waals surface area contributed by atoms with Crippen LogP contribution < -0.4 is 15.4 Å². The average Bonchev–Trinajstić information content (AvgIpc) is 3.37. The van der Waals surface area contributed by atoms with Crippen LogP contribution >= 0.6 is 0 Å². The first-order valence-corrected chi connectivity index (χ1v) is 11.5. The number of ether oxygens (including phenoxy) is 2. The van der Waals surface area contributed by atoms with E-state index >= 15 is 0 Å². The summed E-state index contributed by atoms with van der Waals surface area (Å²) in [5.41, 5.74) is 4.36. The van der Waals surface area contributed by atoms with Gasteiger partial charge in [0.1, 0.15) is 11.4 Å². The molecule has 0 unspecified atom stereocenters. The second kappa shape index (κ2) is 13.1. The van der Waals surface area contributed by atoms with E-state index in [2.05, 4.69) is 15.6 Å². The molecule has 176 valence electrons. The van der Waals surface area contributed by atoms with Crippen molar-refractivity contribution in [2.75, 3.05) is 20.4 Å². The number of hydrogen-bond acceptors (Lipinski definition) is 5. The van der Waals surface area contributed by atoms with E-state index in [-0.39, 0.29) is 12.6 Å². The molecular weight excluding hydrogens is 414 g/mol. The number of benzene rings is 2. The molecule has 2 N–H and O–H groups in total. The molecule has 6 nitrogen and oxygen atoms in total. The highest BCUT2D eigenvalue weighted by atomic mass is 16.5. The summed E-state index contributed by atoms with van der Waals surface area (Å²) in [7, 11) is 1.64. The topological polar surface area (TPSA) is 72.5 Å². The maximum Gasteiger partial charge on any atom is 0.271 e. The third kappa shape index (κ3) is 6.25. The molecule has 0 saturated carbocycles. The van der Waals surface area contributed by atoms with E-state index in [1.807, 2.05) is 83.1 Å². The Labute approximate surface area is 197 Å². The van der Waals surface area contributed by atoms with Gasteiger partial charge in [-0.25, -0.2) is 0 Å². The third-order valence-electron chi connectivity index (χ3n) is 4.97. The first-order chi connectivity index (χ1) is 16.2. The number of pyridine rings is 1. The summed E-state index contributed by atoms with van der Waals surface area (Å²) < 4.78 is 11.0. The lowest BCUT2D eigenvalue weighted by atomic mass is 10.1. The lowest BCUT2D eigenvalue weighted by Crippen LogP contribution is -2.31. The number of rotatable bonds is 6. The monoisotopic (exact) mass is 449 g/mol. The Morgan fingerprint density at radius 3 is 2.61 bits per heavy atom. The summed E-state index contributed by atoms with van der Waals surface area (Å²) >= 11 is 0. The van der Waals surface area contributed by atoms with Crippen molar-refractivity contribution >= 4 is 22.6 Å². The molecule has 3 aromatic rings. The van der Waals surface area contributed by atoms with E-state index in [1.165, 1.54) is 0 Å². The van der Waals surface area contributed by atoms with Crippen LogP contribution in [0.15, 0.2) is 60.4 Å². The predicted octanol–water partition coefficient (Wildman–Crippen LogP) is 5.21. The van der Waals surface area contributed by atoms with E-state index in [0.29, 0.717) is 24.4 Å². The van der Waals surface area contributed by atoms with Gasteiger partial charge in [0, 0.05) is 23.7 Å². The van der Waals surface area contributed by atoms with Gasteiger partial charge in [-0.1, -0.05) is 52.0 Å². The summed E-state index contributed by atoms with van der Waals surface area (Å²) in [5.74, 6) is 1.18. The molecule has 1 aliphatic heterocycles. The van der Waals surface area contributed by atoms with Gasteiger partial charge in [-0.2, -0.15) is 0 Å². The summed E-state index contributed by atoms with van der Waals surface area (Å²) in [6, 6.07) is 15.8. The minimum absolute atomic E-state index is 0.181. The molecule has 0 spiro atoms. The fourth-order valence-electron chi connectivity index (χ4n) is 3.53. The van der Waals surface area contributed by atoms with Crippen molar-refractivity contribution in [3.8, 4) is 5.75 Å². The number of nitrogens with one attached hydrogen (secondary N) is 2. The van der Waals surface area contributed by atoms with Gasteiger partial charge in [0.2, 0.25) is 0 Å². The van der Waals surface area contributed by atoms with E-state index in [9.17, 15) is 4.79 Å². The van der Waals surface area contributed by atoms with Gasteiger partial charge in [0.15, 0.2) is 12.5 Å². The maximum atomic E-state index is 12.7. The van der Waals surface area contributed by atoms with Crippen LogP contribution in [0.4, 0.5) is 0 Å². The highest BCUT2D eigenvalue weighted by Crippen LogP contribution is 2.27. The molecule has 0 saturated heterocycles. The number of methoxy groups -OCH3 is 1. The normalized spacial score (nSPS) is 11.9. The molecule has 2 aromatic carbocycles. The van der Waals surface area contributed by atoms with Crippen LogP contribution in [0.3, 0.4) is 0 Å². The van der Waals surface area contributed by atoms with Crippen molar-refractivity contribution in [3.05, 3.63) is 77.1 Å². The zero-order valence-electron chi connectivity index (χ0n) is 20.5. The standard InChI is InChI=1S/C23H23N3O3.2C2H6/c1-15-13-18(8-9-19(15)28-2)22-21(26-14-29-22)23(27)25-12-10-17-6-3-5-16-7-4-11-24-20(16)17;2*1-2/h3-9,11,13,26H,10,12,14H2,1-2H3,(H,25,27);2*1-2H3. The number of hydrogen-bond donors (Lipinski definition) is 2. The van der Waals surface area contributed by atoms with Crippen LogP contribution in [-0.2, 0) is 16.0 Å². The minimum Gasteiger partial charge on any atom is -0.496 e. The average molecular weight is 450 g/mol. The van der Waals surface area contributed by atoms with Crippen LogP contribution in [0, 0.1) is 6.92 Å². The molecular formula is C27H35N3O3. The Hall–Kier alpha value is -3.54. The Balaban J connectivity index is 0.000000914. The van der Waals surface area contributed by atoms with Gasteiger partial charge in [-0.05, 0) is 48.7 Å². The zero-order chi connectivity index (χ0) is 24.2. The number of carbonyl (C=O) groups is 1. The Morgan fingerprint density at radius 1 is 1.12 bits per heavy atom. The molecule has 0 fully saturated rings. The smallest absolute Gasteiger partial charge is 0.271 e. The van der Waals surface area contributed by atoms with Crippen LogP contribution in [0.5, 0.6) is 5.75 Å². The molecule has 0 bridgehead atoms. The predicted molar refractivity (Wildman–Crippen MR) is 135 cm³/mol. The van der Waals surface area contributed by atoms with Crippen LogP contribution in [0.2, 0.25) is 0 Å². The van der Waals surface area contributed by atoms with Crippen molar-refractivity contribution in [2.24, 2.45) is 0 Å². The molecule has 1 amide bonds. The van der Waals surface area contributed by atoms with Crippen molar-refractivity contribution < 1.29 is 14.3 Å². The SMILES string of the molecule is CC.CC.COc1ccc(C2=C(C(=O)NCCc3cccc4cccnc34)NCO2)cc1C. The lowest BCUT2D eigenvalue weighted by Gasteiger charge is -2.10. The summed E-state index contributed by atoms with van der Waals surface area (Å²) in [5, 5.41) is 7.12. The minimum atomic E-state index is -0.181. The van der Waals surface area contributed by atoms with Gasteiger partial charge >= 0.3 is 0 Å². The lowest BCUT2D eigenvalue weighted by molar-refractivity contribution is -0.117. The summed E-state index contributed by atoms with van der Waals surface area (Å²) in [4.78, 5) is 17.2. The number of amides is 1. The quantitative estimate of drug-likeness (QED) is 0.541. The molecule has 0 radical (unpaired) electrons. The van der Waals surface area contributed by atoms with Crippen LogP contribution in [-0.4, -0.2) is 31.3 Å². The molecule has 4 rings (SSSR count). The fraction of sp³-hybridized carbons (Fsp3) is 0.333. The second-order valence-electron chi connectivity index (χ2n) is 6.85. The van der Waals surface area contributed by atoms with Crippen molar-refractivity contribution in [1.82, 2.24) is 15.6 Å². The number of carbonyl (C=O) groups excluding carboxylic acids is 1. The molecule has 1 aromatic heterocycles. The Bertz CT molecular complexity index is 1090. The third-order valence-corrected chi connectivity index (χ3v) is 4.97. The molecule has 33 heavy (non-hydrogen) atoms. The number of aryl methyl sites for hydroxylation is 1. The van der Waals surface area contributed by atoms with Gasteiger partial charge in [-0.15, -0.1) is 0 Å². The van der Waals surface area contributed by atoms with Crippen molar-refractivity contribution in [1.29, 1.82) is 0 Å². The summed E-state index contributed by atoms with van der Waals surface area (Å²) in [6.45, 7) is 10.7. The number of aromatic nitrogens is 1. The van der Waals surface area contributed by atoms with Gasteiger partial charge in [-0.3, -0.25) is 9.78 Å². The van der Waals surface area contributed by atoms with Gasteiger partial charge in [0.25, 0.3) is 5.91 Å². The highest BCUT2D eigenvalue weighted by molar-refractivity contribution is 6.00. The maximum absolute atomic E-state index is 12.7. The summed E-state index contributed by atoms with van der Waals surface area (Å²) in [6.07, 6.45) is 2.49. The van der Waals surface area contributed by atoms with Crippen molar-refractivity contribution in [2.45, 2.75) is 41.0 Å². The second-order valence-corrected chi connectivity index (χ2v) is 6.85. The Morgan fingerprint density at radius 2 is 1.88 bits per heavy atom. The zero-order valence-corrected chi connectivity index (χ0v) is 20.5. The number of fused-ring (bicyclic) bond motifs is 1. The molecule has 0 atom stereocenters. The Kier molecular flexibility index (Phi) is 10.2. The van der Waals surface area contributed by atoms with Gasteiger partial charge < -0.3 is 20.1 Å². The first-order valence-electron chi connectivity index (χ1n) is 11.5. The van der Waals surface area contributed by atoms with Crippen LogP contribution in [0.25, 0.3) is 16.7 Å². The van der Waals surface area contributed by atoms with E-state index < -0.39 is 0 Å². The van der Waals surface area contributed by atoms with E-state index in [1.54, 1.807) is 13.3 Å². The number of nitrogens with zero attached hydrogens (tertiary/aromatic N) is 1. The largest absolute Gasteiger partial charge is 0.496 e. The van der Waals surface area contributed by atoms with Crippen LogP contribution in [0.1, 0.15) is 44.4 Å². The molecule has 6 heteroatoms. The molecule has 2 heterocycles. The van der Waals surface area contributed by atoms with Gasteiger partial charge in [0.05, 0.1) is 12.6 Å². The fourth-order valence-corrected chi connectivity index (χ4v) is 3.53. The highest BCUT2D eigenvalue weighted by Gasteiger charge is 2.23. The van der Waals surface area contributed by atoms with E-state index in [0.717, 1.165) is 33.3 Å². The van der Waals surface area contributed by atoms with Crippen molar-refractivity contribution in [3.63, 3.8) is 0 Å².